The fourth-order valence-corrected chi connectivity index (χ4v) is 1.88. The first kappa shape index (κ1) is 10.2. The highest BCUT2D eigenvalue weighted by Crippen LogP contribution is 2.26. The first-order valence-corrected chi connectivity index (χ1v) is 5.57. The van der Waals surface area contributed by atoms with Gasteiger partial charge in [0.2, 0.25) is 0 Å². The summed E-state index contributed by atoms with van der Waals surface area (Å²) in [4.78, 5) is 7.75. The SMILES string of the molecule is CC(C)c1cc2c(C(C)C)ccnc2[nH]1.[HH]. The van der Waals surface area contributed by atoms with Crippen LogP contribution in [0.2, 0.25) is 0 Å². The summed E-state index contributed by atoms with van der Waals surface area (Å²) in [5.41, 5.74) is 3.67. The van der Waals surface area contributed by atoms with Gasteiger partial charge in [-0.15, -0.1) is 0 Å². The summed E-state index contributed by atoms with van der Waals surface area (Å²) < 4.78 is 0. The molecule has 2 aromatic heterocycles. The monoisotopic (exact) mass is 204 g/mol. The van der Waals surface area contributed by atoms with Crippen molar-refractivity contribution < 1.29 is 1.43 Å². The van der Waals surface area contributed by atoms with Crippen molar-refractivity contribution in [1.82, 2.24) is 9.97 Å². The van der Waals surface area contributed by atoms with Crippen molar-refractivity contribution in [3.63, 3.8) is 0 Å². The van der Waals surface area contributed by atoms with Crippen LogP contribution < -0.4 is 0 Å². The fraction of sp³-hybridized carbons (Fsp3) is 0.462. The van der Waals surface area contributed by atoms with E-state index in [1.807, 2.05) is 6.20 Å². The Morgan fingerprint density at radius 2 is 1.93 bits per heavy atom. The van der Waals surface area contributed by atoms with Crippen LogP contribution in [0.5, 0.6) is 0 Å². The number of hydrogen-bond acceptors (Lipinski definition) is 1. The Labute approximate surface area is 92.2 Å². The molecule has 0 aliphatic heterocycles. The van der Waals surface area contributed by atoms with E-state index in [1.165, 1.54) is 16.6 Å². The van der Waals surface area contributed by atoms with E-state index in [9.17, 15) is 0 Å². The van der Waals surface area contributed by atoms with Crippen molar-refractivity contribution in [3.8, 4) is 0 Å². The van der Waals surface area contributed by atoms with Crippen LogP contribution in [0.3, 0.4) is 0 Å². The second-order valence-electron chi connectivity index (χ2n) is 4.70. The molecule has 0 aliphatic carbocycles. The molecular formula is C13H20N2. The highest BCUT2D eigenvalue weighted by Gasteiger charge is 2.10. The summed E-state index contributed by atoms with van der Waals surface area (Å²) in [6, 6.07) is 4.35. The molecular weight excluding hydrogens is 184 g/mol. The average molecular weight is 204 g/mol. The highest BCUT2D eigenvalue weighted by molar-refractivity contribution is 5.81. The summed E-state index contributed by atoms with van der Waals surface area (Å²) in [7, 11) is 0. The normalized spacial score (nSPS) is 11.9. The second kappa shape index (κ2) is 3.69. The van der Waals surface area contributed by atoms with Crippen LogP contribution in [0, 0.1) is 0 Å². The third-order valence-electron chi connectivity index (χ3n) is 2.83. The third kappa shape index (κ3) is 1.76. The maximum atomic E-state index is 4.37. The zero-order chi connectivity index (χ0) is 11.0. The molecule has 0 bridgehead atoms. The molecule has 2 aromatic rings. The summed E-state index contributed by atoms with van der Waals surface area (Å²) in [5.74, 6) is 1.07. The van der Waals surface area contributed by atoms with Gasteiger partial charge in [-0.3, -0.25) is 0 Å². The Balaban J connectivity index is 0.00000128. The Kier molecular flexibility index (Phi) is 2.51. The van der Waals surface area contributed by atoms with Gasteiger partial charge in [0, 0.05) is 18.7 Å². The van der Waals surface area contributed by atoms with E-state index in [0.717, 1.165) is 5.65 Å². The molecule has 2 rings (SSSR count). The lowest BCUT2D eigenvalue weighted by atomic mass is 10.0. The van der Waals surface area contributed by atoms with Crippen molar-refractivity contribution in [2.75, 3.05) is 0 Å². The quantitative estimate of drug-likeness (QED) is 0.785. The first-order valence-electron chi connectivity index (χ1n) is 5.57. The van der Waals surface area contributed by atoms with E-state index in [0.29, 0.717) is 11.8 Å². The average Bonchev–Trinajstić information content (AvgIpc) is 2.60. The molecule has 2 heterocycles. The Hall–Kier alpha value is -1.31. The van der Waals surface area contributed by atoms with Gasteiger partial charge in [-0.2, -0.15) is 0 Å². The lowest BCUT2D eigenvalue weighted by Crippen LogP contribution is -1.88. The minimum atomic E-state index is 0. The van der Waals surface area contributed by atoms with Crippen LogP contribution in [0.1, 0.15) is 52.2 Å². The van der Waals surface area contributed by atoms with Crippen molar-refractivity contribution >= 4 is 11.0 Å². The van der Waals surface area contributed by atoms with Crippen LogP contribution >= 0.6 is 0 Å². The molecule has 0 aliphatic rings. The molecule has 1 N–H and O–H groups in total. The molecule has 2 heteroatoms. The number of aromatic amines is 1. The van der Waals surface area contributed by atoms with Crippen LogP contribution in [0.15, 0.2) is 18.3 Å². The van der Waals surface area contributed by atoms with Crippen molar-refractivity contribution in [2.45, 2.75) is 39.5 Å². The number of nitrogens with one attached hydrogen (secondary N) is 1. The smallest absolute Gasteiger partial charge is 0.137 e. The van der Waals surface area contributed by atoms with E-state index in [2.05, 4.69) is 49.8 Å². The molecule has 0 radical (unpaired) electrons. The predicted octanol–water partition coefficient (Wildman–Crippen LogP) is 4.06. The van der Waals surface area contributed by atoms with E-state index in [1.54, 1.807) is 0 Å². The Morgan fingerprint density at radius 1 is 1.20 bits per heavy atom. The van der Waals surface area contributed by atoms with Gasteiger partial charge in [-0.1, -0.05) is 27.7 Å². The molecule has 0 unspecified atom stereocenters. The van der Waals surface area contributed by atoms with Crippen molar-refractivity contribution in [3.05, 3.63) is 29.6 Å². The van der Waals surface area contributed by atoms with Gasteiger partial charge in [0.25, 0.3) is 0 Å². The molecule has 0 saturated carbocycles. The predicted molar refractivity (Wildman–Crippen MR) is 66.4 cm³/mol. The van der Waals surface area contributed by atoms with E-state index in [4.69, 9.17) is 0 Å². The molecule has 0 atom stereocenters. The van der Waals surface area contributed by atoms with Gasteiger partial charge in [0.1, 0.15) is 5.65 Å². The summed E-state index contributed by atoms with van der Waals surface area (Å²) in [6.45, 7) is 8.83. The van der Waals surface area contributed by atoms with Crippen LogP contribution in [0.25, 0.3) is 11.0 Å². The lowest BCUT2D eigenvalue weighted by Gasteiger charge is -2.05. The van der Waals surface area contributed by atoms with Gasteiger partial charge in [0.05, 0.1) is 0 Å². The second-order valence-corrected chi connectivity index (χ2v) is 4.70. The number of nitrogens with zero attached hydrogens (tertiary/aromatic N) is 1. The number of aromatic nitrogens is 2. The van der Waals surface area contributed by atoms with Crippen LogP contribution in [-0.2, 0) is 0 Å². The number of H-pyrrole nitrogens is 1. The molecule has 0 amide bonds. The summed E-state index contributed by atoms with van der Waals surface area (Å²) in [5, 5.41) is 1.27. The maximum absolute atomic E-state index is 4.37. The van der Waals surface area contributed by atoms with Gasteiger partial charge in [-0.25, -0.2) is 4.98 Å². The van der Waals surface area contributed by atoms with Gasteiger partial charge < -0.3 is 4.98 Å². The summed E-state index contributed by atoms with van der Waals surface area (Å²) in [6.07, 6.45) is 1.89. The summed E-state index contributed by atoms with van der Waals surface area (Å²) >= 11 is 0. The largest absolute Gasteiger partial charge is 0.343 e. The molecule has 0 saturated heterocycles. The molecule has 0 fully saturated rings. The van der Waals surface area contributed by atoms with Crippen molar-refractivity contribution in [2.24, 2.45) is 0 Å². The van der Waals surface area contributed by atoms with E-state index >= 15 is 0 Å². The van der Waals surface area contributed by atoms with Crippen molar-refractivity contribution in [1.29, 1.82) is 0 Å². The van der Waals surface area contributed by atoms with E-state index < -0.39 is 0 Å². The highest BCUT2D eigenvalue weighted by atomic mass is 14.9. The zero-order valence-corrected chi connectivity index (χ0v) is 9.83. The minimum absolute atomic E-state index is 0. The zero-order valence-electron chi connectivity index (χ0n) is 9.83. The van der Waals surface area contributed by atoms with Gasteiger partial charge in [-0.05, 0) is 29.5 Å². The number of hydrogen-bond donors (Lipinski definition) is 1. The Morgan fingerprint density at radius 3 is 2.53 bits per heavy atom. The molecule has 0 spiro atoms. The third-order valence-corrected chi connectivity index (χ3v) is 2.83. The topological polar surface area (TPSA) is 28.7 Å². The fourth-order valence-electron chi connectivity index (χ4n) is 1.88. The van der Waals surface area contributed by atoms with Gasteiger partial charge in [0.15, 0.2) is 0 Å². The van der Waals surface area contributed by atoms with Crippen LogP contribution in [0.4, 0.5) is 0 Å². The number of rotatable bonds is 2. The first-order chi connectivity index (χ1) is 7.09. The molecule has 15 heavy (non-hydrogen) atoms. The molecule has 0 aromatic carbocycles. The number of fused-ring (bicyclic) bond motifs is 1. The minimum Gasteiger partial charge on any atom is -0.343 e. The molecule has 2 nitrogen and oxygen atoms in total. The van der Waals surface area contributed by atoms with E-state index in [-0.39, 0.29) is 1.43 Å². The van der Waals surface area contributed by atoms with Gasteiger partial charge >= 0.3 is 0 Å². The Bertz CT molecular complexity index is 472. The maximum Gasteiger partial charge on any atom is 0.137 e. The molecule has 82 valence electrons. The standard InChI is InChI=1S/C13H18N2.H2/c1-8(2)10-5-6-14-13-11(10)7-12(15-13)9(3)4;/h5-9H,1-4H3,(H,14,15);1H. The number of pyridine rings is 1. The lowest BCUT2D eigenvalue weighted by molar-refractivity contribution is 0.835. The van der Waals surface area contributed by atoms with Crippen LogP contribution in [-0.4, -0.2) is 9.97 Å².